The summed E-state index contributed by atoms with van der Waals surface area (Å²) >= 11 is 0. The Morgan fingerprint density at radius 1 is 1.44 bits per heavy atom. The van der Waals surface area contributed by atoms with Crippen molar-refractivity contribution < 1.29 is 19.1 Å². The van der Waals surface area contributed by atoms with Crippen molar-refractivity contribution >= 4 is 11.9 Å². The van der Waals surface area contributed by atoms with Crippen LogP contribution in [0.3, 0.4) is 0 Å². The molecule has 100 valence electrons. The van der Waals surface area contributed by atoms with Crippen LogP contribution in [0, 0.1) is 0 Å². The van der Waals surface area contributed by atoms with E-state index in [0.29, 0.717) is 6.42 Å². The average Bonchev–Trinajstić information content (AvgIpc) is 2.75. The van der Waals surface area contributed by atoms with Gasteiger partial charge in [0.1, 0.15) is 0 Å². The van der Waals surface area contributed by atoms with Crippen LogP contribution in [0.25, 0.3) is 0 Å². The van der Waals surface area contributed by atoms with Gasteiger partial charge in [0.15, 0.2) is 0 Å². The Morgan fingerprint density at radius 3 is 2.78 bits per heavy atom. The van der Waals surface area contributed by atoms with Gasteiger partial charge in [-0.15, -0.1) is 0 Å². The van der Waals surface area contributed by atoms with Gasteiger partial charge in [0, 0.05) is 19.4 Å². The first-order chi connectivity index (χ1) is 8.51. The number of nitrogens with zero attached hydrogens (tertiary/aromatic N) is 1. The quantitative estimate of drug-likeness (QED) is 0.784. The first-order valence-corrected chi connectivity index (χ1v) is 6.39. The summed E-state index contributed by atoms with van der Waals surface area (Å²) in [5.74, 6) is -1.61. The lowest BCUT2D eigenvalue weighted by molar-refractivity contribution is -0.150. The monoisotopic (exact) mass is 255 g/mol. The predicted octanol–water partition coefficient (Wildman–Crippen LogP) is 1.90. The fraction of sp³-hybridized carbons (Fsp3) is 0.692. The molecule has 1 aliphatic carbocycles. The third-order valence-electron chi connectivity index (χ3n) is 3.72. The molecule has 1 atom stereocenters. The molecule has 1 fully saturated rings. The van der Waals surface area contributed by atoms with Gasteiger partial charge in [0.05, 0.1) is 6.54 Å². The van der Waals surface area contributed by atoms with E-state index in [9.17, 15) is 14.0 Å². The molecule has 0 saturated carbocycles. The number of aliphatic carboxylic acids is 1. The first-order valence-electron chi connectivity index (χ1n) is 6.39. The number of amides is 1. The van der Waals surface area contributed by atoms with Gasteiger partial charge < -0.3 is 10.0 Å². The first kappa shape index (κ1) is 13.1. The molecule has 0 aromatic carbocycles. The van der Waals surface area contributed by atoms with Crippen molar-refractivity contribution in [1.29, 1.82) is 0 Å². The van der Waals surface area contributed by atoms with Crippen LogP contribution in [0.15, 0.2) is 11.6 Å². The molecule has 5 heteroatoms. The Bertz CT molecular complexity index is 394. The van der Waals surface area contributed by atoms with Crippen LogP contribution >= 0.6 is 0 Å². The molecule has 1 saturated heterocycles. The molecular formula is C13H18FNO3. The highest BCUT2D eigenvalue weighted by atomic mass is 19.1. The molecule has 1 aliphatic heterocycles. The van der Waals surface area contributed by atoms with Crippen LogP contribution in [0.4, 0.5) is 4.39 Å². The standard InChI is InChI=1S/C13H18FNO3/c14-13(12(17)18)6-7-15(9-13)11(16)8-10-4-2-1-3-5-10/h4H,1-3,5-9H2,(H,17,18). The van der Waals surface area contributed by atoms with E-state index in [2.05, 4.69) is 6.08 Å². The number of allylic oxidation sites excluding steroid dienone is 1. The maximum Gasteiger partial charge on any atom is 0.343 e. The molecule has 0 spiro atoms. The summed E-state index contributed by atoms with van der Waals surface area (Å²) in [5.41, 5.74) is -1.14. The normalized spacial score (nSPS) is 28.1. The van der Waals surface area contributed by atoms with E-state index in [0.717, 1.165) is 31.3 Å². The van der Waals surface area contributed by atoms with Gasteiger partial charge in [0.2, 0.25) is 11.6 Å². The zero-order chi connectivity index (χ0) is 13.2. The van der Waals surface area contributed by atoms with Crippen LogP contribution in [0.1, 0.15) is 38.5 Å². The van der Waals surface area contributed by atoms with Crippen molar-refractivity contribution in [3.8, 4) is 0 Å². The molecule has 0 bridgehead atoms. The van der Waals surface area contributed by atoms with Crippen LogP contribution < -0.4 is 0 Å². The Kier molecular flexibility index (Phi) is 3.68. The highest BCUT2D eigenvalue weighted by Crippen LogP contribution is 2.28. The minimum atomic E-state index is -2.25. The minimum Gasteiger partial charge on any atom is -0.479 e. The zero-order valence-electron chi connectivity index (χ0n) is 10.3. The predicted molar refractivity (Wildman–Crippen MR) is 63.8 cm³/mol. The highest BCUT2D eigenvalue weighted by molar-refractivity contribution is 5.83. The van der Waals surface area contributed by atoms with Crippen LogP contribution in [-0.2, 0) is 9.59 Å². The van der Waals surface area contributed by atoms with Gasteiger partial charge in [-0.05, 0) is 25.7 Å². The van der Waals surface area contributed by atoms with E-state index in [1.807, 2.05) is 0 Å². The van der Waals surface area contributed by atoms with E-state index < -0.39 is 11.6 Å². The van der Waals surface area contributed by atoms with Crippen molar-refractivity contribution in [1.82, 2.24) is 4.90 Å². The number of carboxylic acids is 1. The third-order valence-corrected chi connectivity index (χ3v) is 3.72. The zero-order valence-corrected chi connectivity index (χ0v) is 10.3. The lowest BCUT2D eigenvalue weighted by atomic mass is 9.97. The Balaban J connectivity index is 1.91. The second kappa shape index (κ2) is 5.08. The van der Waals surface area contributed by atoms with Gasteiger partial charge in [0.25, 0.3) is 0 Å². The summed E-state index contributed by atoms with van der Waals surface area (Å²) < 4.78 is 13.8. The summed E-state index contributed by atoms with van der Waals surface area (Å²) in [6, 6.07) is 0. The number of carboxylic acid groups (broad SMARTS) is 1. The van der Waals surface area contributed by atoms with Crippen LogP contribution in [0.5, 0.6) is 0 Å². The smallest absolute Gasteiger partial charge is 0.343 e. The van der Waals surface area contributed by atoms with E-state index in [-0.39, 0.29) is 25.4 Å². The number of likely N-dealkylation sites (tertiary alicyclic amines) is 1. The van der Waals surface area contributed by atoms with Crippen molar-refractivity contribution in [3.63, 3.8) is 0 Å². The molecule has 1 unspecified atom stereocenters. The Hall–Kier alpha value is -1.39. The van der Waals surface area contributed by atoms with E-state index >= 15 is 0 Å². The molecule has 18 heavy (non-hydrogen) atoms. The summed E-state index contributed by atoms with van der Waals surface area (Å²) in [5, 5.41) is 8.77. The third kappa shape index (κ3) is 2.71. The number of halogens is 1. The van der Waals surface area contributed by atoms with Crippen molar-refractivity contribution in [2.24, 2.45) is 0 Å². The molecule has 2 rings (SSSR count). The molecule has 1 N–H and O–H groups in total. The Labute approximate surface area is 105 Å². The highest BCUT2D eigenvalue weighted by Gasteiger charge is 2.46. The topological polar surface area (TPSA) is 57.6 Å². The van der Waals surface area contributed by atoms with E-state index in [1.165, 1.54) is 4.90 Å². The number of alkyl halides is 1. The lowest BCUT2D eigenvalue weighted by Crippen LogP contribution is -2.39. The molecule has 1 heterocycles. The minimum absolute atomic E-state index is 0.104. The summed E-state index contributed by atoms with van der Waals surface area (Å²) in [7, 11) is 0. The van der Waals surface area contributed by atoms with Crippen molar-refractivity contribution in [2.75, 3.05) is 13.1 Å². The van der Waals surface area contributed by atoms with Crippen LogP contribution in [-0.4, -0.2) is 40.6 Å². The molecule has 2 aliphatic rings. The van der Waals surface area contributed by atoms with E-state index in [4.69, 9.17) is 5.11 Å². The number of hydrogen-bond acceptors (Lipinski definition) is 2. The summed E-state index contributed by atoms with van der Waals surface area (Å²) in [4.78, 5) is 24.0. The number of rotatable bonds is 3. The summed E-state index contributed by atoms with van der Waals surface area (Å²) in [6.07, 6.45) is 6.49. The number of carbonyl (C=O) groups is 2. The van der Waals surface area contributed by atoms with Crippen molar-refractivity contribution in [3.05, 3.63) is 11.6 Å². The Morgan fingerprint density at radius 2 is 2.22 bits per heavy atom. The molecule has 1 amide bonds. The average molecular weight is 255 g/mol. The summed E-state index contributed by atoms with van der Waals surface area (Å²) in [6.45, 7) is -0.108. The van der Waals surface area contributed by atoms with Gasteiger partial charge in [-0.2, -0.15) is 0 Å². The molecule has 0 aromatic heterocycles. The lowest BCUT2D eigenvalue weighted by Gasteiger charge is -2.19. The van der Waals surface area contributed by atoms with Crippen LogP contribution in [0.2, 0.25) is 0 Å². The maximum absolute atomic E-state index is 13.8. The van der Waals surface area contributed by atoms with Gasteiger partial charge in [-0.1, -0.05) is 11.6 Å². The van der Waals surface area contributed by atoms with Gasteiger partial charge in [-0.25, -0.2) is 9.18 Å². The fourth-order valence-electron chi connectivity index (χ4n) is 2.53. The molecular weight excluding hydrogens is 237 g/mol. The number of hydrogen-bond donors (Lipinski definition) is 1. The maximum atomic E-state index is 13.8. The molecule has 4 nitrogen and oxygen atoms in total. The van der Waals surface area contributed by atoms with Gasteiger partial charge >= 0.3 is 5.97 Å². The second-order valence-electron chi connectivity index (χ2n) is 5.12. The van der Waals surface area contributed by atoms with Crippen molar-refractivity contribution in [2.45, 2.75) is 44.2 Å². The number of carbonyl (C=O) groups excluding carboxylic acids is 1. The molecule has 0 aromatic rings. The van der Waals surface area contributed by atoms with E-state index in [1.54, 1.807) is 0 Å². The largest absolute Gasteiger partial charge is 0.479 e. The second-order valence-corrected chi connectivity index (χ2v) is 5.12. The SMILES string of the molecule is O=C(CC1=CCCCC1)N1CCC(F)(C(=O)O)C1. The molecule has 0 radical (unpaired) electrons. The van der Waals surface area contributed by atoms with Gasteiger partial charge in [-0.3, -0.25) is 4.79 Å². The fourth-order valence-corrected chi connectivity index (χ4v) is 2.53.